The molecule has 0 aliphatic heterocycles. The van der Waals surface area contributed by atoms with Gasteiger partial charge in [-0.05, 0) is 32.4 Å². The Morgan fingerprint density at radius 3 is 2.76 bits per heavy atom. The van der Waals surface area contributed by atoms with Crippen LogP contribution in [0.25, 0.3) is 10.9 Å². The number of benzene rings is 1. The molecule has 1 heterocycles. The lowest BCUT2D eigenvalue weighted by Crippen LogP contribution is -2.30. The zero-order valence-electron chi connectivity index (χ0n) is 13.6. The number of hydrogen-bond donors (Lipinski definition) is 1. The first-order chi connectivity index (χ1) is 10.2. The zero-order valence-corrected chi connectivity index (χ0v) is 13.6. The third-order valence-electron chi connectivity index (χ3n) is 4.02. The number of methoxy groups -OCH3 is 1. The van der Waals surface area contributed by atoms with Gasteiger partial charge in [-0.2, -0.15) is 5.10 Å². The van der Waals surface area contributed by atoms with Gasteiger partial charge in [-0.3, -0.25) is 4.68 Å². The number of nitrogens with zero attached hydrogens (tertiary/aromatic N) is 2. The first-order valence-corrected chi connectivity index (χ1v) is 7.80. The van der Waals surface area contributed by atoms with Crippen LogP contribution in [0, 0.1) is 5.92 Å². The molecule has 0 bridgehead atoms. The van der Waals surface area contributed by atoms with E-state index in [1.165, 1.54) is 16.6 Å². The van der Waals surface area contributed by atoms with Crippen LogP contribution in [-0.2, 0) is 17.7 Å². The maximum absolute atomic E-state index is 5.24. The van der Waals surface area contributed by atoms with Crippen molar-refractivity contribution in [1.82, 2.24) is 15.1 Å². The number of likely N-dealkylation sites (N-methyl/N-ethyl adjacent to an activating group) is 1. The van der Waals surface area contributed by atoms with Crippen LogP contribution in [0.15, 0.2) is 24.3 Å². The van der Waals surface area contributed by atoms with Crippen molar-refractivity contribution in [3.05, 3.63) is 30.0 Å². The van der Waals surface area contributed by atoms with E-state index in [1.54, 1.807) is 7.11 Å². The minimum Gasteiger partial charge on any atom is -0.384 e. The summed E-state index contributed by atoms with van der Waals surface area (Å²) in [5.74, 6) is 0.548. The van der Waals surface area contributed by atoms with E-state index in [0.29, 0.717) is 12.0 Å². The molecule has 0 amide bonds. The molecule has 2 unspecified atom stereocenters. The molecule has 116 valence electrons. The largest absolute Gasteiger partial charge is 0.384 e. The summed E-state index contributed by atoms with van der Waals surface area (Å²) in [5.41, 5.74) is 2.42. The molecule has 1 aromatic heterocycles. The first-order valence-electron chi connectivity index (χ1n) is 7.80. The quantitative estimate of drug-likeness (QED) is 0.812. The van der Waals surface area contributed by atoms with E-state index in [1.807, 2.05) is 7.05 Å². The first kappa shape index (κ1) is 16.0. The highest BCUT2D eigenvalue weighted by atomic mass is 16.5. The lowest BCUT2D eigenvalue weighted by Gasteiger charge is -2.19. The minimum absolute atomic E-state index is 0.429. The Balaban J connectivity index is 2.17. The highest BCUT2D eigenvalue weighted by Crippen LogP contribution is 2.21. The Bertz CT molecular complexity index is 564. The Morgan fingerprint density at radius 1 is 1.33 bits per heavy atom. The minimum atomic E-state index is 0.429. The number of fused-ring (bicyclic) bond motifs is 1. The maximum Gasteiger partial charge on any atom is 0.0718 e. The average molecular weight is 289 g/mol. The monoisotopic (exact) mass is 289 g/mol. The topological polar surface area (TPSA) is 39.1 Å². The number of nitrogens with one attached hydrogen (secondary N) is 1. The molecule has 0 saturated carbocycles. The van der Waals surface area contributed by atoms with E-state index in [-0.39, 0.29) is 0 Å². The van der Waals surface area contributed by atoms with Gasteiger partial charge in [0.05, 0.1) is 11.2 Å². The van der Waals surface area contributed by atoms with Gasteiger partial charge in [0.25, 0.3) is 0 Å². The van der Waals surface area contributed by atoms with Crippen molar-refractivity contribution in [2.24, 2.45) is 5.92 Å². The van der Waals surface area contributed by atoms with Gasteiger partial charge in [0, 0.05) is 38.1 Å². The van der Waals surface area contributed by atoms with Crippen LogP contribution in [0.1, 0.15) is 26.0 Å². The third kappa shape index (κ3) is 3.83. The predicted molar refractivity (Wildman–Crippen MR) is 87.6 cm³/mol. The maximum atomic E-state index is 5.24. The molecule has 21 heavy (non-hydrogen) atoms. The molecule has 0 spiro atoms. The second kappa shape index (κ2) is 7.57. The number of aromatic nitrogens is 2. The number of hydrogen-bond acceptors (Lipinski definition) is 3. The summed E-state index contributed by atoms with van der Waals surface area (Å²) in [6.07, 6.45) is 2.05. The van der Waals surface area contributed by atoms with Crippen molar-refractivity contribution in [2.45, 2.75) is 39.3 Å². The van der Waals surface area contributed by atoms with Crippen LogP contribution in [0.2, 0.25) is 0 Å². The lowest BCUT2D eigenvalue weighted by molar-refractivity contribution is 0.150. The van der Waals surface area contributed by atoms with Crippen molar-refractivity contribution < 1.29 is 4.74 Å². The fraction of sp³-hybridized carbons (Fsp3) is 0.588. The van der Waals surface area contributed by atoms with Crippen LogP contribution in [0.3, 0.4) is 0 Å². The van der Waals surface area contributed by atoms with Crippen molar-refractivity contribution in [1.29, 1.82) is 0 Å². The molecule has 1 aromatic carbocycles. The molecule has 4 nitrogen and oxygen atoms in total. The van der Waals surface area contributed by atoms with E-state index in [4.69, 9.17) is 9.84 Å². The predicted octanol–water partition coefficient (Wildman–Crippen LogP) is 2.86. The van der Waals surface area contributed by atoms with Crippen molar-refractivity contribution in [3.8, 4) is 0 Å². The van der Waals surface area contributed by atoms with Gasteiger partial charge >= 0.3 is 0 Å². The van der Waals surface area contributed by atoms with Crippen LogP contribution in [0.5, 0.6) is 0 Å². The molecule has 0 saturated heterocycles. The molecule has 2 aromatic rings. The van der Waals surface area contributed by atoms with Gasteiger partial charge in [0.15, 0.2) is 0 Å². The van der Waals surface area contributed by atoms with E-state index < -0.39 is 0 Å². The van der Waals surface area contributed by atoms with Crippen molar-refractivity contribution in [2.75, 3.05) is 20.8 Å². The Kier molecular flexibility index (Phi) is 5.76. The van der Waals surface area contributed by atoms with Gasteiger partial charge < -0.3 is 10.1 Å². The number of aryl methyl sites for hydroxylation is 1. The second-order valence-electron chi connectivity index (χ2n) is 5.77. The fourth-order valence-corrected chi connectivity index (χ4v) is 2.96. The fourth-order valence-electron chi connectivity index (χ4n) is 2.96. The molecule has 2 rings (SSSR count). The van der Waals surface area contributed by atoms with Crippen molar-refractivity contribution in [3.63, 3.8) is 0 Å². The average Bonchev–Trinajstić information content (AvgIpc) is 2.85. The molecular formula is C17H27N3O. The summed E-state index contributed by atoms with van der Waals surface area (Å²) in [7, 11) is 3.80. The summed E-state index contributed by atoms with van der Waals surface area (Å²) in [6, 6.07) is 8.93. The van der Waals surface area contributed by atoms with Gasteiger partial charge in [0.1, 0.15) is 0 Å². The van der Waals surface area contributed by atoms with E-state index >= 15 is 0 Å². The highest BCUT2D eigenvalue weighted by Gasteiger charge is 2.16. The van der Waals surface area contributed by atoms with Gasteiger partial charge in [0.2, 0.25) is 0 Å². The smallest absolute Gasteiger partial charge is 0.0718 e. The summed E-state index contributed by atoms with van der Waals surface area (Å²) in [5, 5.41) is 9.50. The molecule has 0 aliphatic carbocycles. The van der Waals surface area contributed by atoms with Gasteiger partial charge in [-0.15, -0.1) is 0 Å². The van der Waals surface area contributed by atoms with E-state index in [0.717, 1.165) is 26.0 Å². The number of rotatable bonds is 8. The Labute approximate surface area is 127 Å². The van der Waals surface area contributed by atoms with Crippen LogP contribution >= 0.6 is 0 Å². The molecule has 0 radical (unpaired) electrons. The van der Waals surface area contributed by atoms with Gasteiger partial charge in [-0.1, -0.05) is 25.1 Å². The summed E-state index contributed by atoms with van der Waals surface area (Å²) >= 11 is 0. The SMILES string of the molecule is CCn1nc(CC(CC(C)COC)NC)c2ccccc21. The highest BCUT2D eigenvalue weighted by molar-refractivity contribution is 5.82. The molecule has 2 atom stereocenters. The van der Waals surface area contributed by atoms with Crippen LogP contribution < -0.4 is 5.32 Å². The van der Waals surface area contributed by atoms with Gasteiger partial charge in [-0.25, -0.2) is 0 Å². The second-order valence-corrected chi connectivity index (χ2v) is 5.77. The number of ether oxygens (including phenoxy) is 1. The summed E-state index contributed by atoms with van der Waals surface area (Å²) in [6.45, 7) is 6.09. The molecule has 1 N–H and O–H groups in total. The van der Waals surface area contributed by atoms with Crippen LogP contribution in [-0.4, -0.2) is 36.6 Å². The third-order valence-corrected chi connectivity index (χ3v) is 4.02. The van der Waals surface area contributed by atoms with Crippen molar-refractivity contribution >= 4 is 10.9 Å². The molecule has 0 aliphatic rings. The molecule has 4 heteroatoms. The zero-order chi connectivity index (χ0) is 15.2. The molecular weight excluding hydrogens is 262 g/mol. The van der Waals surface area contributed by atoms with E-state index in [9.17, 15) is 0 Å². The summed E-state index contributed by atoms with van der Waals surface area (Å²) < 4.78 is 7.34. The normalized spacial score (nSPS) is 14.5. The lowest BCUT2D eigenvalue weighted by atomic mass is 9.98. The number of para-hydroxylation sites is 1. The Hall–Kier alpha value is -1.39. The van der Waals surface area contributed by atoms with E-state index in [2.05, 4.69) is 48.1 Å². The Morgan fingerprint density at radius 2 is 2.10 bits per heavy atom. The van der Waals surface area contributed by atoms with Crippen LogP contribution in [0.4, 0.5) is 0 Å². The molecule has 0 fully saturated rings. The summed E-state index contributed by atoms with van der Waals surface area (Å²) in [4.78, 5) is 0. The standard InChI is InChI=1S/C17H27N3O/c1-5-20-17-9-7-6-8-15(17)16(19-20)11-14(18-3)10-13(2)12-21-4/h6-9,13-14,18H,5,10-12H2,1-4H3.